The van der Waals surface area contributed by atoms with Crippen molar-refractivity contribution in [3.63, 3.8) is 0 Å². The summed E-state index contributed by atoms with van der Waals surface area (Å²) >= 11 is 3.36. The molecule has 0 aliphatic rings. The first-order valence-corrected chi connectivity index (χ1v) is 5.25. The van der Waals surface area contributed by atoms with E-state index in [4.69, 9.17) is 0 Å². The molecule has 0 atom stereocenters. The van der Waals surface area contributed by atoms with E-state index in [-0.39, 0.29) is 5.82 Å². The standard InChI is InChI=1S/C10H9BrFN/c11-4-3-9-6-7-5-8(12)1-2-10(7)13-9/h1-2,5-6,13H,3-4H2. The maximum absolute atomic E-state index is 12.8. The maximum atomic E-state index is 12.8. The summed E-state index contributed by atoms with van der Waals surface area (Å²) in [6.07, 6.45) is 0.941. The average molecular weight is 242 g/mol. The van der Waals surface area contributed by atoms with E-state index in [0.29, 0.717) is 0 Å². The molecule has 68 valence electrons. The zero-order chi connectivity index (χ0) is 9.26. The van der Waals surface area contributed by atoms with Gasteiger partial charge in [-0.3, -0.25) is 0 Å². The third kappa shape index (κ3) is 1.75. The smallest absolute Gasteiger partial charge is 0.123 e. The molecule has 0 amide bonds. The van der Waals surface area contributed by atoms with Gasteiger partial charge in [0.2, 0.25) is 0 Å². The summed E-state index contributed by atoms with van der Waals surface area (Å²) in [7, 11) is 0. The summed E-state index contributed by atoms with van der Waals surface area (Å²) in [5.41, 5.74) is 2.13. The van der Waals surface area contributed by atoms with Gasteiger partial charge in [0.05, 0.1) is 0 Å². The van der Waals surface area contributed by atoms with Gasteiger partial charge >= 0.3 is 0 Å². The van der Waals surface area contributed by atoms with Crippen molar-refractivity contribution in [2.45, 2.75) is 6.42 Å². The van der Waals surface area contributed by atoms with Crippen LogP contribution in [0.5, 0.6) is 0 Å². The number of halogens is 2. The summed E-state index contributed by atoms with van der Waals surface area (Å²) in [5, 5.41) is 1.86. The van der Waals surface area contributed by atoms with Crippen molar-refractivity contribution in [2.75, 3.05) is 5.33 Å². The SMILES string of the molecule is Fc1ccc2[nH]c(CCBr)cc2c1. The molecular formula is C10H9BrFN. The summed E-state index contributed by atoms with van der Waals surface area (Å²) in [4.78, 5) is 3.23. The molecule has 2 aromatic rings. The zero-order valence-corrected chi connectivity index (χ0v) is 8.57. The molecule has 0 saturated heterocycles. The molecule has 0 spiro atoms. The van der Waals surface area contributed by atoms with Crippen LogP contribution in [0.3, 0.4) is 0 Å². The minimum Gasteiger partial charge on any atom is -0.358 e. The summed E-state index contributed by atoms with van der Waals surface area (Å²) in [6.45, 7) is 0. The Bertz CT molecular complexity index is 422. The lowest BCUT2D eigenvalue weighted by molar-refractivity contribution is 0.630. The highest BCUT2D eigenvalue weighted by Gasteiger charge is 2.00. The Balaban J connectivity index is 2.49. The molecule has 0 saturated carbocycles. The number of fused-ring (bicyclic) bond motifs is 1. The fourth-order valence-corrected chi connectivity index (χ4v) is 1.83. The van der Waals surface area contributed by atoms with Crippen molar-refractivity contribution in [1.29, 1.82) is 0 Å². The molecule has 0 unspecified atom stereocenters. The van der Waals surface area contributed by atoms with Crippen LogP contribution in [0.1, 0.15) is 5.69 Å². The normalized spacial score (nSPS) is 10.9. The average Bonchev–Trinajstić information content (AvgIpc) is 2.46. The van der Waals surface area contributed by atoms with E-state index < -0.39 is 0 Å². The fourth-order valence-electron chi connectivity index (χ4n) is 1.40. The van der Waals surface area contributed by atoms with Gasteiger partial charge in [-0.1, -0.05) is 15.9 Å². The van der Waals surface area contributed by atoms with Gasteiger partial charge in [-0.05, 0) is 30.7 Å². The van der Waals surface area contributed by atoms with Crippen LogP contribution in [0.2, 0.25) is 0 Å². The van der Waals surface area contributed by atoms with E-state index in [1.54, 1.807) is 12.1 Å². The Morgan fingerprint density at radius 2 is 2.15 bits per heavy atom. The van der Waals surface area contributed by atoms with Gasteiger partial charge in [-0.15, -0.1) is 0 Å². The molecule has 2 rings (SSSR count). The Morgan fingerprint density at radius 1 is 1.31 bits per heavy atom. The van der Waals surface area contributed by atoms with Crippen molar-refractivity contribution in [2.24, 2.45) is 0 Å². The first-order chi connectivity index (χ1) is 6.29. The Labute approximate surface area is 84.1 Å². The molecule has 1 heterocycles. The summed E-state index contributed by atoms with van der Waals surface area (Å²) < 4.78 is 12.8. The molecule has 0 radical (unpaired) electrons. The van der Waals surface area contributed by atoms with Crippen molar-refractivity contribution in [1.82, 2.24) is 4.98 Å². The predicted molar refractivity (Wildman–Crippen MR) is 55.8 cm³/mol. The number of aromatic nitrogens is 1. The lowest BCUT2D eigenvalue weighted by Crippen LogP contribution is -1.83. The first kappa shape index (κ1) is 8.75. The monoisotopic (exact) mass is 241 g/mol. The van der Waals surface area contributed by atoms with Crippen molar-refractivity contribution < 1.29 is 4.39 Å². The second kappa shape index (κ2) is 3.50. The fraction of sp³-hybridized carbons (Fsp3) is 0.200. The van der Waals surface area contributed by atoms with E-state index in [2.05, 4.69) is 20.9 Å². The molecule has 1 aromatic carbocycles. The van der Waals surface area contributed by atoms with Crippen LogP contribution in [0.4, 0.5) is 4.39 Å². The lowest BCUT2D eigenvalue weighted by Gasteiger charge is -1.88. The second-order valence-electron chi connectivity index (χ2n) is 2.97. The van der Waals surface area contributed by atoms with Crippen LogP contribution in [0, 0.1) is 5.82 Å². The molecule has 0 bridgehead atoms. The number of aryl methyl sites for hydroxylation is 1. The number of alkyl halides is 1. The number of nitrogens with one attached hydrogen (secondary N) is 1. The highest BCUT2D eigenvalue weighted by Crippen LogP contribution is 2.17. The minimum absolute atomic E-state index is 0.183. The van der Waals surface area contributed by atoms with Crippen LogP contribution in [-0.2, 0) is 6.42 Å². The highest BCUT2D eigenvalue weighted by molar-refractivity contribution is 9.09. The molecule has 1 N–H and O–H groups in total. The van der Waals surface area contributed by atoms with E-state index in [9.17, 15) is 4.39 Å². The summed E-state index contributed by atoms with van der Waals surface area (Å²) in [6, 6.07) is 6.77. The van der Waals surface area contributed by atoms with Crippen molar-refractivity contribution >= 4 is 26.8 Å². The largest absolute Gasteiger partial charge is 0.358 e. The molecule has 3 heteroatoms. The van der Waals surface area contributed by atoms with Gasteiger partial charge in [-0.25, -0.2) is 4.39 Å². The van der Waals surface area contributed by atoms with Gasteiger partial charge in [0.1, 0.15) is 5.82 Å². The summed E-state index contributed by atoms with van der Waals surface area (Å²) in [5.74, 6) is -0.183. The number of hydrogen-bond donors (Lipinski definition) is 1. The van der Waals surface area contributed by atoms with Gasteiger partial charge in [0.15, 0.2) is 0 Å². The number of aromatic amines is 1. The Hall–Kier alpha value is -0.830. The third-order valence-electron chi connectivity index (χ3n) is 2.00. The van der Waals surface area contributed by atoms with E-state index in [1.807, 2.05) is 6.07 Å². The Morgan fingerprint density at radius 3 is 2.92 bits per heavy atom. The number of rotatable bonds is 2. The van der Waals surface area contributed by atoms with Gasteiger partial charge in [0, 0.05) is 21.9 Å². The van der Waals surface area contributed by atoms with Gasteiger partial charge in [0.25, 0.3) is 0 Å². The topological polar surface area (TPSA) is 15.8 Å². The quantitative estimate of drug-likeness (QED) is 0.778. The second-order valence-corrected chi connectivity index (χ2v) is 3.76. The van der Waals surface area contributed by atoms with Crippen LogP contribution in [-0.4, -0.2) is 10.3 Å². The molecule has 1 aromatic heterocycles. The molecule has 0 fully saturated rings. The molecular weight excluding hydrogens is 233 g/mol. The number of H-pyrrole nitrogens is 1. The van der Waals surface area contributed by atoms with E-state index >= 15 is 0 Å². The van der Waals surface area contributed by atoms with Gasteiger partial charge in [-0.2, -0.15) is 0 Å². The minimum atomic E-state index is -0.183. The predicted octanol–water partition coefficient (Wildman–Crippen LogP) is 3.24. The van der Waals surface area contributed by atoms with Gasteiger partial charge < -0.3 is 4.98 Å². The molecule has 1 nitrogen and oxygen atoms in total. The first-order valence-electron chi connectivity index (χ1n) is 4.13. The zero-order valence-electron chi connectivity index (χ0n) is 6.98. The Kier molecular flexibility index (Phi) is 2.36. The van der Waals surface area contributed by atoms with Crippen LogP contribution >= 0.6 is 15.9 Å². The molecule has 13 heavy (non-hydrogen) atoms. The molecule has 0 aliphatic carbocycles. The maximum Gasteiger partial charge on any atom is 0.123 e. The van der Waals surface area contributed by atoms with Crippen molar-refractivity contribution in [3.8, 4) is 0 Å². The van der Waals surface area contributed by atoms with Crippen molar-refractivity contribution in [3.05, 3.63) is 35.8 Å². The van der Waals surface area contributed by atoms with Crippen LogP contribution in [0.25, 0.3) is 10.9 Å². The molecule has 0 aliphatic heterocycles. The number of hydrogen-bond acceptors (Lipinski definition) is 0. The van der Waals surface area contributed by atoms with E-state index in [0.717, 1.165) is 28.3 Å². The van der Waals surface area contributed by atoms with Crippen LogP contribution < -0.4 is 0 Å². The third-order valence-corrected chi connectivity index (χ3v) is 2.40. The van der Waals surface area contributed by atoms with Crippen LogP contribution in [0.15, 0.2) is 24.3 Å². The van der Waals surface area contributed by atoms with E-state index in [1.165, 1.54) is 6.07 Å². The lowest BCUT2D eigenvalue weighted by atomic mass is 10.2. The number of benzene rings is 1. The highest BCUT2D eigenvalue weighted by atomic mass is 79.9.